The molecule has 0 aliphatic rings. The molecule has 0 saturated heterocycles. The summed E-state index contributed by atoms with van der Waals surface area (Å²) in [4.78, 5) is 15.4. The highest BCUT2D eigenvalue weighted by Gasteiger charge is 2.07. The molecule has 2 rings (SSSR count). The number of aromatic nitrogens is 1. The summed E-state index contributed by atoms with van der Waals surface area (Å²) in [7, 11) is 0. The standard InChI is InChI=1S/C13H15NO/c1-4-11-9(3)13(15)10-7-5-6-8(2)12(10)14-11/h5-7H,4H2,1-3H3,(H,14,15). The molecule has 1 aromatic carbocycles. The van der Waals surface area contributed by atoms with E-state index in [-0.39, 0.29) is 5.43 Å². The van der Waals surface area contributed by atoms with E-state index in [1.807, 2.05) is 32.0 Å². The predicted octanol–water partition coefficient (Wildman–Crippen LogP) is 2.71. The minimum Gasteiger partial charge on any atom is -0.358 e. The molecule has 0 bridgehead atoms. The summed E-state index contributed by atoms with van der Waals surface area (Å²) in [5.41, 5.74) is 4.14. The fraction of sp³-hybridized carbons (Fsp3) is 0.308. The van der Waals surface area contributed by atoms with Gasteiger partial charge in [0.2, 0.25) is 0 Å². The number of benzene rings is 1. The summed E-state index contributed by atoms with van der Waals surface area (Å²) in [5.74, 6) is 0. The van der Waals surface area contributed by atoms with Crippen LogP contribution in [-0.2, 0) is 6.42 Å². The zero-order valence-electron chi connectivity index (χ0n) is 9.35. The number of fused-ring (bicyclic) bond motifs is 1. The molecule has 1 heterocycles. The van der Waals surface area contributed by atoms with E-state index in [4.69, 9.17) is 0 Å². The molecule has 0 saturated carbocycles. The normalized spacial score (nSPS) is 10.9. The average molecular weight is 201 g/mol. The van der Waals surface area contributed by atoms with E-state index >= 15 is 0 Å². The fourth-order valence-electron chi connectivity index (χ4n) is 1.96. The first-order valence-corrected chi connectivity index (χ1v) is 5.26. The lowest BCUT2D eigenvalue weighted by Gasteiger charge is -2.07. The van der Waals surface area contributed by atoms with Crippen LogP contribution >= 0.6 is 0 Å². The van der Waals surface area contributed by atoms with E-state index in [1.165, 1.54) is 0 Å². The number of H-pyrrole nitrogens is 1. The van der Waals surface area contributed by atoms with E-state index < -0.39 is 0 Å². The van der Waals surface area contributed by atoms with Crippen molar-refractivity contribution in [3.8, 4) is 0 Å². The van der Waals surface area contributed by atoms with Crippen LogP contribution in [0.1, 0.15) is 23.7 Å². The Hall–Kier alpha value is -1.57. The molecule has 0 atom stereocenters. The Balaban J connectivity index is 2.98. The second-order valence-corrected chi connectivity index (χ2v) is 3.91. The summed E-state index contributed by atoms with van der Waals surface area (Å²) in [6.45, 7) is 5.97. The van der Waals surface area contributed by atoms with Gasteiger partial charge in [0.15, 0.2) is 5.43 Å². The Morgan fingerprint density at radius 1 is 1.27 bits per heavy atom. The van der Waals surface area contributed by atoms with Crippen LogP contribution in [0.15, 0.2) is 23.0 Å². The van der Waals surface area contributed by atoms with Crippen molar-refractivity contribution in [3.63, 3.8) is 0 Å². The zero-order chi connectivity index (χ0) is 11.0. The highest BCUT2D eigenvalue weighted by Crippen LogP contribution is 2.15. The first-order chi connectivity index (χ1) is 7.15. The van der Waals surface area contributed by atoms with Gasteiger partial charge in [0.1, 0.15) is 0 Å². The molecule has 1 N–H and O–H groups in total. The molecule has 2 aromatic rings. The molecule has 15 heavy (non-hydrogen) atoms. The van der Waals surface area contributed by atoms with E-state index in [1.54, 1.807) is 0 Å². The summed E-state index contributed by atoms with van der Waals surface area (Å²) in [5, 5.41) is 0.796. The molecule has 0 amide bonds. The van der Waals surface area contributed by atoms with Gasteiger partial charge in [-0.05, 0) is 31.9 Å². The number of rotatable bonds is 1. The van der Waals surface area contributed by atoms with Crippen LogP contribution in [0, 0.1) is 13.8 Å². The molecule has 2 nitrogen and oxygen atoms in total. The topological polar surface area (TPSA) is 32.9 Å². The van der Waals surface area contributed by atoms with Crippen molar-refractivity contribution in [1.29, 1.82) is 0 Å². The predicted molar refractivity (Wildman–Crippen MR) is 63.4 cm³/mol. The second kappa shape index (κ2) is 3.54. The molecule has 2 heteroatoms. The SMILES string of the molecule is CCc1[nH]c2c(C)cccc2c(=O)c1C. The molecule has 0 aliphatic carbocycles. The summed E-state index contributed by atoms with van der Waals surface area (Å²) in [6, 6.07) is 5.83. The van der Waals surface area contributed by atoms with Gasteiger partial charge in [0, 0.05) is 16.6 Å². The quantitative estimate of drug-likeness (QED) is 0.756. The average Bonchev–Trinajstić information content (AvgIpc) is 2.24. The number of hydrogen-bond acceptors (Lipinski definition) is 1. The lowest BCUT2D eigenvalue weighted by Crippen LogP contribution is -2.11. The molecule has 0 radical (unpaired) electrons. The van der Waals surface area contributed by atoms with Crippen molar-refractivity contribution in [2.24, 2.45) is 0 Å². The Morgan fingerprint density at radius 3 is 2.67 bits per heavy atom. The second-order valence-electron chi connectivity index (χ2n) is 3.91. The van der Waals surface area contributed by atoms with Gasteiger partial charge in [0.25, 0.3) is 0 Å². The zero-order valence-corrected chi connectivity index (χ0v) is 9.35. The Bertz CT molecular complexity index is 566. The van der Waals surface area contributed by atoms with Gasteiger partial charge in [-0.1, -0.05) is 19.1 Å². The summed E-state index contributed by atoms with van der Waals surface area (Å²) in [6.07, 6.45) is 0.866. The van der Waals surface area contributed by atoms with Crippen molar-refractivity contribution in [2.75, 3.05) is 0 Å². The monoisotopic (exact) mass is 201 g/mol. The molecule has 0 aliphatic heterocycles. The number of aryl methyl sites for hydroxylation is 2. The minimum atomic E-state index is 0.157. The number of pyridine rings is 1. The molecule has 0 unspecified atom stereocenters. The van der Waals surface area contributed by atoms with Crippen LogP contribution in [-0.4, -0.2) is 4.98 Å². The van der Waals surface area contributed by atoms with Gasteiger partial charge >= 0.3 is 0 Å². The van der Waals surface area contributed by atoms with E-state index in [0.29, 0.717) is 0 Å². The molecular weight excluding hydrogens is 186 g/mol. The van der Waals surface area contributed by atoms with Gasteiger partial charge in [-0.15, -0.1) is 0 Å². The van der Waals surface area contributed by atoms with Crippen LogP contribution in [0.2, 0.25) is 0 Å². The van der Waals surface area contributed by atoms with Gasteiger partial charge in [-0.3, -0.25) is 4.79 Å². The van der Waals surface area contributed by atoms with Gasteiger partial charge in [-0.25, -0.2) is 0 Å². The lowest BCUT2D eigenvalue weighted by atomic mass is 10.1. The lowest BCUT2D eigenvalue weighted by molar-refractivity contribution is 1.02. The number of para-hydroxylation sites is 1. The maximum absolute atomic E-state index is 12.0. The molecular formula is C13H15NO. The molecule has 1 aromatic heterocycles. The van der Waals surface area contributed by atoms with E-state index in [9.17, 15) is 4.79 Å². The number of aromatic amines is 1. The van der Waals surface area contributed by atoms with Crippen molar-refractivity contribution < 1.29 is 0 Å². The van der Waals surface area contributed by atoms with Crippen molar-refractivity contribution in [1.82, 2.24) is 4.98 Å². The van der Waals surface area contributed by atoms with Gasteiger partial charge in [0.05, 0.1) is 5.52 Å². The van der Waals surface area contributed by atoms with Crippen molar-refractivity contribution in [3.05, 3.63) is 45.2 Å². The first-order valence-electron chi connectivity index (χ1n) is 5.26. The van der Waals surface area contributed by atoms with Gasteiger partial charge in [-0.2, -0.15) is 0 Å². The minimum absolute atomic E-state index is 0.157. The maximum Gasteiger partial charge on any atom is 0.192 e. The van der Waals surface area contributed by atoms with Crippen LogP contribution in [0.5, 0.6) is 0 Å². The first kappa shape index (κ1) is 9.97. The third-order valence-electron chi connectivity index (χ3n) is 2.94. The van der Waals surface area contributed by atoms with Crippen molar-refractivity contribution >= 4 is 10.9 Å². The third-order valence-corrected chi connectivity index (χ3v) is 2.94. The molecule has 0 fully saturated rings. The summed E-state index contributed by atoms with van der Waals surface area (Å²) < 4.78 is 0. The highest BCUT2D eigenvalue weighted by atomic mass is 16.1. The Labute approximate surface area is 89.0 Å². The van der Waals surface area contributed by atoms with Crippen LogP contribution < -0.4 is 5.43 Å². The summed E-state index contributed by atoms with van der Waals surface area (Å²) >= 11 is 0. The molecule has 0 spiro atoms. The van der Waals surface area contributed by atoms with Crippen LogP contribution in [0.3, 0.4) is 0 Å². The maximum atomic E-state index is 12.0. The Morgan fingerprint density at radius 2 is 2.00 bits per heavy atom. The third kappa shape index (κ3) is 1.46. The van der Waals surface area contributed by atoms with E-state index in [0.717, 1.165) is 34.1 Å². The highest BCUT2D eigenvalue weighted by molar-refractivity contribution is 5.82. The number of hydrogen-bond donors (Lipinski definition) is 1. The van der Waals surface area contributed by atoms with Crippen LogP contribution in [0.25, 0.3) is 10.9 Å². The van der Waals surface area contributed by atoms with Crippen LogP contribution in [0.4, 0.5) is 0 Å². The number of nitrogens with one attached hydrogen (secondary N) is 1. The van der Waals surface area contributed by atoms with Crippen molar-refractivity contribution in [2.45, 2.75) is 27.2 Å². The largest absolute Gasteiger partial charge is 0.358 e. The fourth-order valence-corrected chi connectivity index (χ4v) is 1.96. The smallest absolute Gasteiger partial charge is 0.192 e. The van der Waals surface area contributed by atoms with E-state index in [2.05, 4.69) is 11.9 Å². The molecule has 78 valence electrons. The Kier molecular flexibility index (Phi) is 2.35. The van der Waals surface area contributed by atoms with Gasteiger partial charge < -0.3 is 4.98 Å².